The van der Waals surface area contributed by atoms with E-state index in [9.17, 15) is 9.59 Å². The highest BCUT2D eigenvalue weighted by atomic mass is 19.1. The zero-order valence-electron chi connectivity index (χ0n) is 21.5. The summed E-state index contributed by atoms with van der Waals surface area (Å²) in [6, 6.07) is 6.14. The quantitative estimate of drug-likeness (QED) is 0.297. The Morgan fingerprint density at radius 1 is 0.950 bits per heavy atom. The minimum Gasteiger partial charge on any atom is -0.496 e. The van der Waals surface area contributed by atoms with Crippen LogP contribution in [-0.2, 0) is 9.53 Å². The number of ether oxygens (including phenoxy) is 5. The van der Waals surface area contributed by atoms with Crippen LogP contribution in [0, 0.1) is 11.6 Å². The number of anilines is 1. The normalized spacial score (nSPS) is 13.3. The summed E-state index contributed by atoms with van der Waals surface area (Å²) >= 11 is 0. The maximum Gasteiger partial charge on any atom is 0.350 e. The predicted octanol–water partition coefficient (Wildman–Crippen LogP) is 4.45. The van der Waals surface area contributed by atoms with Crippen LogP contribution >= 0.6 is 0 Å². The molecule has 1 fully saturated rings. The molecule has 0 aliphatic heterocycles. The Morgan fingerprint density at radius 3 is 2.30 bits per heavy atom. The lowest BCUT2D eigenvalue weighted by Gasteiger charge is -2.18. The van der Waals surface area contributed by atoms with Crippen LogP contribution in [-0.4, -0.2) is 53.8 Å². The Labute approximate surface area is 226 Å². The Morgan fingerprint density at radius 2 is 1.65 bits per heavy atom. The summed E-state index contributed by atoms with van der Waals surface area (Å²) in [6.07, 6.45) is 4.91. The minimum atomic E-state index is -1.19. The monoisotopic (exact) mass is 552 g/mol. The van der Waals surface area contributed by atoms with Crippen molar-refractivity contribution in [2.45, 2.75) is 18.4 Å². The molecule has 4 aromatic rings. The number of pyridine rings is 3. The summed E-state index contributed by atoms with van der Waals surface area (Å²) in [6.45, 7) is 0. The Kier molecular flexibility index (Phi) is 7.03. The molecule has 0 spiro atoms. The zero-order chi connectivity index (χ0) is 28.4. The number of hydrogen-bond donors (Lipinski definition) is 1. The second-order valence-corrected chi connectivity index (χ2v) is 8.66. The van der Waals surface area contributed by atoms with Gasteiger partial charge in [0.25, 0.3) is 11.8 Å². The second kappa shape index (κ2) is 10.6. The van der Waals surface area contributed by atoms with Gasteiger partial charge in [0.05, 0.1) is 32.4 Å². The molecule has 11 nitrogen and oxygen atoms in total. The zero-order valence-corrected chi connectivity index (χ0v) is 21.5. The van der Waals surface area contributed by atoms with Crippen molar-refractivity contribution in [1.82, 2.24) is 15.0 Å². The number of esters is 1. The molecule has 3 aromatic heterocycles. The van der Waals surface area contributed by atoms with Crippen molar-refractivity contribution < 1.29 is 42.1 Å². The van der Waals surface area contributed by atoms with Gasteiger partial charge < -0.3 is 29.0 Å². The van der Waals surface area contributed by atoms with Gasteiger partial charge in [0, 0.05) is 61.4 Å². The van der Waals surface area contributed by atoms with Crippen molar-refractivity contribution in [2.75, 3.05) is 26.6 Å². The predicted molar refractivity (Wildman–Crippen MR) is 136 cm³/mol. The standard InChI is InChI=1S/C27H22F2N4O7/c1-36-19-4-8-30-13-15(19)24(34)32-14-10-16(28)23(17(29)11-14)39-20-5-9-31-18-12-21(37-2)25(33-22(18)20)40-27(6-7-27)26(35)38-3/h4-5,8-13H,6-7H2,1-3H3,(H,32,34). The molecule has 1 aliphatic carbocycles. The van der Waals surface area contributed by atoms with E-state index < -0.39 is 34.9 Å². The molecular weight excluding hydrogens is 530 g/mol. The lowest BCUT2D eigenvalue weighted by atomic mass is 10.2. The Balaban J connectivity index is 1.44. The lowest BCUT2D eigenvalue weighted by molar-refractivity contribution is -0.151. The van der Waals surface area contributed by atoms with Gasteiger partial charge in [-0.1, -0.05) is 0 Å². The number of nitrogens with zero attached hydrogens (tertiary/aromatic N) is 3. The van der Waals surface area contributed by atoms with E-state index in [2.05, 4.69) is 20.3 Å². The smallest absolute Gasteiger partial charge is 0.350 e. The molecule has 0 atom stereocenters. The molecule has 0 bridgehead atoms. The van der Waals surface area contributed by atoms with Crippen LogP contribution in [0.5, 0.6) is 28.9 Å². The van der Waals surface area contributed by atoms with Crippen LogP contribution in [0.1, 0.15) is 23.2 Å². The van der Waals surface area contributed by atoms with Gasteiger partial charge in [-0.3, -0.25) is 14.8 Å². The average Bonchev–Trinajstić information content (AvgIpc) is 3.74. The summed E-state index contributed by atoms with van der Waals surface area (Å²) in [5, 5.41) is 2.41. The largest absolute Gasteiger partial charge is 0.496 e. The first-order chi connectivity index (χ1) is 19.3. The average molecular weight is 552 g/mol. The summed E-state index contributed by atoms with van der Waals surface area (Å²) in [5.74, 6) is -3.81. The van der Waals surface area contributed by atoms with Gasteiger partial charge in [0.2, 0.25) is 5.60 Å². The number of carbonyl (C=O) groups is 2. The molecule has 0 unspecified atom stereocenters. The highest BCUT2D eigenvalue weighted by Gasteiger charge is 2.55. The summed E-state index contributed by atoms with van der Waals surface area (Å²) in [7, 11) is 4.02. The maximum absolute atomic E-state index is 15.1. The van der Waals surface area contributed by atoms with E-state index >= 15 is 8.78 Å². The number of fused-ring (bicyclic) bond motifs is 1. The van der Waals surface area contributed by atoms with Crippen LogP contribution in [0.3, 0.4) is 0 Å². The van der Waals surface area contributed by atoms with Gasteiger partial charge in [0.1, 0.15) is 11.3 Å². The van der Waals surface area contributed by atoms with Gasteiger partial charge in [-0.2, -0.15) is 0 Å². The van der Waals surface area contributed by atoms with Gasteiger partial charge >= 0.3 is 5.97 Å². The summed E-state index contributed by atoms with van der Waals surface area (Å²) in [5.41, 5.74) is -0.897. The number of aromatic nitrogens is 3. The number of rotatable bonds is 9. The fraction of sp³-hybridized carbons (Fsp3) is 0.222. The molecule has 1 amide bonds. The molecular formula is C27H22F2N4O7. The third-order valence-corrected chi connectivity index (χ3v) is 6.09. The van der Waals surface area contributed by atoms with Crippen LogP contribution in [0.15, 0.2) is 48.9 Å². The Hall–Kier alpha value is -5.07. The minimum absolute atomic E-state index is 0.0411. The van der Waals surface area contributed by atoms with Crippen molar-refractivity contribution >= 4 is 28.6 Å². The molecule has 0 radical (unpaired) electrons. The highest BCUT2D eigenvalue weighted by molar-refractivity contribution is 6.06. The van der Waals surface area contributed by atoms with Crippen molar-refractivity contribution in [2.24, 2.45) is 0 Å². The number of benzene rings is 1. The van der Waals surface area contributed by atoms with Crippen LogP contribution < -0.4 is 24.3 Å². The first-order valence-electron chi connectivity index (χ1n) is 11.9. The van der Waals surface area contributed by atoms with Crippen molar-refractivity contribution in [3.63, 3.8) is 0 Å². The van der Waals surface area contributed by atoms with Crippen LogP contribution in [0.25, 0.3) is 11.0 Å². The highest BCUT2D eigenvalue weighted by Crippen LogP contribution is 2.44. The molecule has 5 rings (SSSR count). The summed E-state index contributed by atoms with van der Waals surface area (Å²) < 4.78 is 56.9. The first kappa shape index (κ1) is 26.5. The van der Waals surface area contributed by atoms with Crippen LogP contribution in [0.2, 0.25) is 0 Å². The molecule has 1 saturated carbocycles. The SMILES string of the molecule is COC(=O)C1(Oc2nc3c(Oc4c(F)cc(NC(=O)c5cnccc5OC)cc4F)ccnc3cc2OC)CC1. The summed E-state index contributed by atoms with van der Waals surface area (Å²) in [4.78, 5) is 37.3. The lowest BCUT2D eigenvalue weighted by Crippen LogP contribution is -2.31. The van der Waals surface area contributed by atoms with Gasteiger partial charge in [-0.15, -0.1) is 0 Å². The first-order valence-corrected chi connectivity index (χ1v) is 11.9. The van der Waals surface area contributed by atoms with Crippen molar-refractivity contribution in [1.29, 1.82) is 0 Å². The molecule has 40 heavy (non-hydrogen) atoms. The third kappa shape index (κ3) is 5.00. The maximum atomic E-state index is 15.1. The van der Waals surface area contributed by atoms with E-state index in [0.717, 1.165) is 12.1 Å². The van der Waals surface area contributed by atoms with Crippen LogP contribution in [0.4, 0.5) is 14.5 Å². The van der Waals surface area contributed by atoms with Gasteiger partial charge in [-0.25, -0.2) is 18.6 Å². The van der Waals surface area contributed by atoms with E-state index in [-0.39, 0.29) is 45.4 Å². The number of halogens is 2. The number of nitrogens with one attached hydrogen (secondary N) is 1. The third-order valence-electron chi connectivity index (χ3n) is 6.09. The van der Waals surface area contributed by atoms with Gasteiger partial charge in [-0.05, 0) is 6.07 Å². The number of amides is 1. The number of carbonyl (C=O) groups excluding carboxylic acids is 2. The molecule has 206 valence electrons. The van der Waals surface area contributed by atoms with E-state index in [1.54, 1.807) is 0 Å². The van der Waals surface area contributed by atoms with E-state index in [1.165, 1.54) is 58.1 Å². The molecule has 1 aliphatic rings. The van der Waals surface area contributed by atoms with E-state index in [4.69, 9.17) is 23.7 Å². The Bertz CT molecular complexity index is 1610. The van der Waals surface area contributed by atoms with E-state index in [1.807, 2.05) is 0 Å². The number of methoxy groups -OCH3 is 3. The fourth-order valence-corrected chi connectivity index (χ4v) is 3.91. The molecule has 1 N–H and O–H groups in total. The fourth-order valence-electron chi connectivity index (χ4n) is 3.91. The van der Waals surface area contributed by atoms with Crippen molar-refractivity contribution in [3.8, 4) is 28.9 Å². The van der Waals surface area contributed by atoms with E-state index in [0.29, 0.717) is 12.8 Å². The topological polar surface area (TPSA) is 131 Å². The van der Waals surface area contributed by atoms with Crippen molar-refractivity contribution in [3.05, 3.63) is 66.1 Å². The molecule has 0 saturated heterocycles. The second-order valence-electron chi connectivity index (χ2n) is 8.66. The molecule has 3 heterocycles. The number of hydrogen-bond acceptors (Lipinski definition) is 10. The molecule has 13 heteroatoms. The van der Waals surface area contributed by atoms with Gasteiger partial charge in [0.15, 0.2) is 28.9 Å². The molecule has 1 aromatic carbocycles.